The van der Waals surface area contributed by atoms with Gasteiger partial charge in [-0.2, -0.15) is 0 Å². The molecular formula is C15H15F2NO2S. The van der Waals surface area contributed by atoms with Gasteiger partial charge in [-0.15, -0.1) is 0 Å². The van der Waals surface area contributed by atoms with Crippen molar-refractivity contribution in [3.05, 3.63) is 65.2 Å². The summed E-state index contributed by atoms with van der Waals surface area (Å²) in [6.45, 7) is 3.15. The Morgan fingerprint density at radius 2 is 1.67 bits per heavy atom. The zero-order valence-electron chi connectivity index (χ0n) is 11.6. The molecule has 0 radical (unpaired) electrons. The highest BCUT2D eigenvalue weighted by atomic mass is 32.2. The van der Waals surface area contributed by atoms with Gasteiger partial charge >= 0.3 is 0 Å². The number of benzene rings is 2. The van der Waals surface area contributed by atoms with Gasteiger partial charge in [-0.1, -0.05) is 12.1 Å². The minimum atomic E-state index is -3.77. The summed E-state index contributed by atoms with van der Waals surface area (Å²) in [5.74, 6) is -0.844. The predicted molar refractivity (Wildman–Crippen MR) is 76.3 cm³/mol. The molecule has 0 aromatic heterocycles. The second kappa shape index (κ2) is 5.91. The van der Waals surface area contributed by atoms with E-state index in [1.807, 2.05) is 0 Å². The maximum atomic E-state index is 13.2. The van der Waals surface area contributed by atoms with Crippen LogP contribution in [0, 0.1) is 18.6 Å². The highest BCUT2D eigenvalue weighted by Crippen LogP contribution is 2.19. The topological polar surface area (TPSA) is 46.2 Å². The first kappa shape index (κ1) is 15.6. The van der Waals surface area contributed by atoms with Crippen LogP contribution in [0.2, 0.25) is 0 Å². The zero-order valence-corrected chi connectivity index (χ0v) is 12.4. The fourth-order valence-electron chi connectivity index (χ4n) is 1.90. The van der Waals surface area contributed by atoms with Crippen molar-refractivity contribution < 1.29 is 17.2 Å². The average Bonchev–Trinajstić information content (AvgIpc) is 2.42. The van der Waals surface area contributed by atoms with Gasteiger partial charge in [0.25, 0.3) is 0 Å². The number of halogens is 2. The van der Waals surface area contributed by atoms with Gasteiger partial charge in [0, 0.05) is 6.04 Å². The summed E-state index contributed by atoms with van der Waals surface area (Å²) < 4.78 is 53.0. The molecule has 2 aromatic rings. The van der Waals surface area contributed by atoms with Crippen LogP contribution in [0.15, 0.2) is 47.4 Å². The lowest BCUT2D eigenvalue weighted by Gasteiger charge is -2.15. The van der Waals surface area contributed by atoms with Gasteiger partial charge in [0.2, 0.25) is 10.0 Å². The highest BCUT2D eigenvalue weighted by Gasteiger charge is 2.19. The van der Waals surface area contributed by atoms with E-state index < -0.39 is 21.9 Å². The molecule has 0 spiro atoms. The molecule has 0 aliphatic rings. The number of nitrogens with one attached hydrogen (secondary N) is 1. The summed E-state index contributed by atoms with van der Waals surface area (Å²) in [5.41, 5.74) is 0.895. The normalized spacial score (nSPS) is 13.1. The van der Waals surface area contributed by atoms with E-state index in [2.05, 4.69) is 4.72 Å². The van der Waals surface area contributed by atoms with Crippen molar-refractivity contribution in [1.82, 2.24) is 4.72 Å². The van der Waals surface area contributed by atoms with E-state index in [1.165, 1.54) is 43.3 Å². The number of aryl methyl sites for hydroxylation is 1. The van der Waals surface area contributed by atoms with Crippen LogP contribution in [0.5, 0.6) is 0 Å². The summed E-state index contributed by atoms with van der Waals surface area (Å²) in [5, 5.41) is 0. The second-order valence-corrected chi connectivity index (χ2v) is 6.52. The van der Waals surface area contributed by atoms with Crippen LogP contribution in [-0.4, -0.2) is 8.42 Å². The van der Waals surface area contributed by atoms with Gasteiger partial charge in [-0.25, -0.2) is 21.9 Å². The molecule has 0 fully saturated rings. The summed E-state index contributed by atoms with van der Waals surface area (Å²) in [7, 11) is -3.77. The number of sulfonamides is 1. The van der Waals surface area contributed by atoms with Crippen molar-refractivity contribution in [2.24, 2.45) is 0 Å². The Morgan fingerprint density at radius 3 is 2.24 bits per heavy atom. The molecule has 0 aliphatic heterocycles. The minimum absolute atomic E-state index is 0.00429. The van der Waals surface area contributed by atoms with Crippen molar-refractivity contribution in [1.29, 1.82) is 0 Å². The smallest absolute Gasteiger partial charge is 0.207 e. The maximum absolute atomic E-state index is 13.2. The van der Waals surface area contributed by atoms with Crippen molar-refractivity contribution in [3.63, 3.8) is 0 Å². The lowest BCUT2D eigenvalue weighted by molar-refractivity contribution is 0.565. The Hall–Kier alpha value is -1.79. The molecule has 0 bridgehead atoms. The predicted octanol–water partition coefficient (Wildman–Crippen LogP) is 3.31. The van der Waals surface area contributed by atoms with E-state index in [4.69, 9.17) is 0 Å². The molecule has 1 atom stereocenters. The molecule has 0 aliphatic carbocycles. The van der Waals surface area contributed by atoms with E-state index in [0.717, 1.165) is 6.07 Å². The molecule has 2 rings (SSSR count). The van der Waals surface area contributed by atoms with Crippen LogP contribution in [0.25, 0.3) is 0 Å². The molecule has 0 saturated carbocycles. The molecular weight excluding hydrogens is 296 g/mol. The Labute approximate surface area is 122 Å². The number of hydrogen-bond donors (Lipinski definition) is 1. The third kappa shape index (κ3) is 3.65. The summed E-state index contributed by atoms with van der Waals surface area (Å²) in [6.07, 6.45) is 0. The van der Waals surface area contributed by atoms with Gasteiger partial charge in [0.05, 0.1) is 4.90 Å². The van der Waals surface area contributed by atoms with E-state index in [1.54, 1.807) is 6.92 Å². The first-order chi connectivity index (χ1) is 9.79. The molecule has 112 valence electrons. The van der Waals surface area contributed by atoms with Crippen molar-refractivity contribution in [2.75, 3.05) is 0 Å². The third-order valence-corrected chi connectivity index (χ3v) is 4.68. The molecule has 0 amide bonds. The van der Waals surface area contributed by atoms with Gasteiger partial charge in [-0.05, 0) is 55.3 Å². The quantitative estimate of drug-likeness (QED) is 0.941. The van der Waals surface area contributed by atoms with Crippen LogP contribution in [0.4, 0.5) is 8.78 Å². The van der Waals surface area contributed by atoms with Crippen LogP contribution < -0.4 is 4.72 Å². The molecule has 21 heavy (non-hydrogen) atoms. The van der Waals surface area contributed by atoms with E-state index in [0.29, 0.717) is 5.56 Å². The van der Waals surface area contributed by atoms with Crippen molar-refractivity contribution in [3.8, 4) is 0 Å². The van der Waals surface area contributed by atoms with Gasteiger partial charge in [0.15, 0.2) is 0 Å². The summed E-state index contributed by atoms with van der Waals surface area (Å²) in [6, 6.07) is 8.63. The van der Waals surface area contributed by atoms with Crippen LogP contribution in [-0.2, 0) is 10.0 Å². The summed E-state index contributed by atoms with van der Waals surface area (Å²) >= 11 is 0. The molecule has 1 N–H and O–H groups in total. The molecule has 0 heterocycles. The van der Waals surface area contributed by atoms with Crippen LogP contribution >= 0.6 is 0 Å². The van der Waals surface area contributed by atoms with E-state index in [-0.39, 0.29) is 16.3 Å². The molecule has 0 unspecified atom stereocenters. The monoisotopic (exact) mass is 311 g/mol. The van der Waals surface area contributed by atoms with Crippen molar-refractivity contribution >= 4 is 10.0 Å². The standard InChI is InChI=1S/C15H15F2NO2S/c1-10-9-14(7-8-15(10)17)21(19,20)18-11(2)12-3-5-13(16)6-4-12/h3-9,11,18H,1-2H3/t11-/m1/s1. The SMILES string of the molecule is Cc1cc(S(=O)(=O)N[C@H](C)c2ccc(F)cc2)ccc1F. The maximum Gasteiger partial charge on any atom is 0.241 e. The van der Waals surface area contributed by atoms with Crippen LogP contribution in [0.1, 0.15) is 24.1 Å². The van der Waals surface area contributed by atoms with Crippen LogP contribution in [0.3, 0.4) is 0 Å². The van der Waals surface area contributed by atoms with Crippen molar-refractivity contribution in [2.45, 2.75) is 24.8 Å². The largest absolute Gasteiger partial charge is 0.241 e. The summed E-state index contributed by atoms with van der Waals surface area (Å²) in [4.78, 5) is -0.00429. The first-order valence-electron chi connectivity index (χ1n) is 6.33. The number of hydrogen-bond acceptors (Lipinski definition) is 2. The Balaban J connectivity index is 2.24. The first-order valence-corrected chi connectivity index (χ1v) is 7.82. The van der Waals surface area contributed by atoms with Gasteiger partial charge in [-0.3, -0.25) is 0 Å². The Morgan fingerprint density at radius 1 is 1.05 bits per heavy atom. The van der Waals surface area contributed by atoms with E-state index in [9.17, 15) is 17.2 Å². The molecule has 6 heteroatoms. The third-order valence-electron chi connectivity index (χ3n) is 3.14. The fraction of sp³-hybridized carbons (Fsp3) is 0.200. The minimum Gasteiger partial charge on any atom is -0.207 e. The average molecular weight is 311 g/mol. The molecule has 0 saturated heterocycles. The zero-order chi connectivity index (χ0) is 15.6. The van der Waals surface area contributed by atoms with Gasteiger partial charge in [0.1, 0.15) is 11.6 Å². The number of rotatable bonds is 4. The lowest BCUT2D eigenvalue weighted by Crippen LogP contribution is -2.27. The second-order valence-electron chi connectivity index (χ2n) is 4.81. The van der Waals surface area contributed by atoms with Gasteiger partial charge < -0.3 is 0 Å². The molecule has 3 nitrogen and oxygen atoms in total. The Kier molecular flexibility index (Phi) is 4.39. The fourth-order valence-corrected chi connectivity index (χ4v) is 3.22. The van der Waals surface area contributed by atoms with E-state index >= 15 is 0 Å². The molecule has 2 aromatic carbocycles. The lowest BCUT2D eigenvalue weighted by atomic mass is 10.1. The Bertz CT molecular complexity index is 743. The highest BCUT2D eigenvalue weighted by molar-refractivity contribution is 7.89.